The molecule has 2 amide bonds. The molecule has 0 aliphatic carbocycles. The third-order valence-corrected chi connectivity index (χ3v) is 7.53. The van der Waals surface area contributed by atoms with E-state index in [4.69, 9.17) is 11.6 Å². The fourth-order valence-corrected chi connectivity index (χ4v) is 4.93. The summed E-state index contributed by atoms with van der Waals surface area (Å²) in [5.41, 5.74) is 2.81. The summed E-state index contributed by atoms with van der Waals surface area (Å²) in [6.07, 6.45) is 3.21. The molecule has 2 aromatic rings. The monoisotopic (exact) mass is 521 g/mol. The number of unbranched alkanes of at least 4 members (excludes halogenated alkanes) is 1. The van der Waals surface area contributed by atoms with Gasteiger partial charge in [-0.3, -0.25) is 13.9 Å². The maximum Gasteiger partial charge on any atom is 0.244 e. The first-order valence-corrected chi connectivity index (χ1v) is 14.1. The molecule has 0 fully saturated rings. The number of hydrogen-bond donors (Lipinski definition) is 1. The molecule has 0 heterocycles. The molecule has 1 unspecified atom stereocenters. The second-order valence-electron chi connectivity index (χ2n) is 8.67. The van der Waals surface area contributed by atoms with Gasteiger partial charge in [0.1, 0.15) is 12.6 Å². The molecule has 0 spiro atoms. The van der Waals surface area contributed by atoms with Crippen molar-refractivity contribution in [3.63, 3.8) is 0 Å². The molecule has 2 aromatic carbocycles. The fraction of sp³-hybridized carbons (Fsp3) is 0.462. The number of rotatable bonds is 12. The summed E-state index contributed by atoms with van der Waals surface area (Å²) in [6, 6.07) is 11.7. The summed E-state index contributed by atoms with van der Waals surface area (Å²) in [6.45, 7) is 7.75. The van der Waals surface area contributed by atoms with Crippen LogP contribution in [0, 0.1) is 13.8 Å². The highest BCUT2D eigenvalue weighted by atomic mass is 35.5. The fourth-order valence-electron chi connectivity index (χ4n) is 3.84. The predicted octanol–water partition coefficient (Wildman–Crippen LogP) is 4.45. The number of aryl methyl sites for hydroxylation is 1. The molecule has 0 bridgehead atoms. The zero-order valence-corrected chi connectivity index (χ0v) is 22.7. The first-order chi connectivity index (χ1) is 16.5. The van der Waals surface area contributed by atoms with Crippen molar-refractivity contribution in [2.24, 2.45) is 0 Å². The van der Waals surface area contributed by atoms with Crippen LogP contribution in [-0.4, -0.2) is 50.5 Å². The first-order valence-electron chi connectivity index (χ1n) is 11.9. The molecular weight excluding hydrogens is 486 g/mol. The molecule has 7 nitrogen and oxygen atoms in total. The van der Waals surface area contributed by atoms with Crippen LogP contribution >= 0.6 is 11.6 Å². The number of hydrogen-bond acceptors (Lipinski definition) is 4. The second-order valence-corrected chi connectivity index (χ2v) is 11.0. The Balaban J connectivity index is 2.46. The number of carbonyl (C=O) groups is 2. The van der Waals surface area contributed by atoms with Gasteiger partial charge < -0.3 is 10.2 Å². The SMILES string of the molecule is CCCCNC(=O)C(CC)N(Cc1ccccc1Cl)C(=O)CN(c1cccc(C)c1C)S(C)(=O)=O. The van der Waals surface area contributed by atoms with Crippen molar-refractivity contribution in [2.75, 3.05) is 23.7 Å². The third-order valence-electron chi connectivity index (χ3n) is 6.04. The average Bonchev–Trinajstić information content (AvgIpc) is 2.80. The van der Waals surface area contributed by atoms with Gasteiger partial charge in [-0.15, -0.1) is 0 Å². The summed E-state index contributed by atoms with van der Waals surface area (Å²) in [4.78, 5) is 28.2. The normalized spacial score (nSPS) is 12.2. The molecule has 0 radical (unpaired) electrons. The molecule has 0 saturated carbocycles. The first kappa shape index (κ1) is 28.7. The van der Waals surface area contributed by atoms with Gasteiger partial charge in [-0.05, 0) is 55.5 Å². The summed E-state index contributed by atoms with van der Waals surface area (Å²) in [5, 5.41) is 3.38. The van der Waals surface area contributed by atoms with Crippen molar-refractivity contribution in [3.05, 3.63) is 64.2 Å². The van der Waals surface area contributed by atoms with E-state index >= 15 is 0 Å². The lowest BCUT2D eigenvalue weighted by molar-refractivity contribution is -0.140. The Morgan fingerprint density at radius 3 is 2.34 bits per heavy atom. The van der Waals surface area contributed by atoms with Crippen LogP contribution in [-0.2, 0) is 26.2 Å². The molecule has 0 saturated heterocycles. The molecule has 0 aliphatic rings. The van der Waals surface area contributed by atoms with E-state index in [9.17, 15) is 18.0 Å². The molecule has 35 heavy (non-hydrogen) atoms. The van der Waals surface area contributed by atoms with Gasteiger partial charge in [0.05, 0.1) is 11.9 Å². The van der Waals surface area contributed by atoms with Crippen molar-refractivity contribution < 1.29 is 18.0 Å². The second kappa shape index (κ2) is 12.9. The number of amides is 2. The zero-order chi connectivity index (χ0) is 26.2. The maximum absolute atomic E-state index is 13.7. The lowest BCUT2D eigenvalue weighted by atomic mass is 10.1. The Hall–Kier alpha value is -2.58. The molecule has 0 aromatic heterocycles. The van der Waals surface area contributed by atoms with Gasteiger partial charge >= 0.3 is 0 Å². The van der Waals surface area contributed by atoms with E-state index in [2.05, 4.69) is 5.32 Å². The average molecular weight is 522 g/mol. The Kier molecular flexibility index (Phi) is 10.6. The van der Waals surface area contributed by atoms with E-state index in [0.717, 1.165) is 34.5 Å². The lowest BCUT2D eigenvalue weighted by Crippen LogP contribution is -2.52. The van der Waals surface area contributed by atoms with Gasteiger partial charge in [0.25, 0.3) is 0 Å². The maximum atomic E-state index is 13.7. The zero-order valence-electron chi connectivity index (χ0n) is 21.2. The number of nitrogens with one attached hydrogen (secondary N) is 1. The number of nitrogens with zero attached hydrogens (tertiary/aromatic N) is 2. The van der Waals surface area contributed by atoms with E-state index in [1.807, 2.05) is 39.8 Å². The van der Waals surface area contributed by atoms with Crippen LogP contribution in [0.15, 0.2) is 42.5 Å². The van der Waals surface area contributed by atoms with E-state index in [1.54, 1.807) is 30.3 Å². The summed E-state index contributed by atoms with van der Waals surface area (Å²) < 4.78 is 26.6. The largest absolute Gasteiger partial charge is 0.354 e. The minimum absolute atomic E-state index is 0.0859. The topological polar surface area (TPSA) is 86.8 Å². The highest BCUT2D eigenvalue weighted by molar-refractivity contribution is 7.92. The molecule has 1 N–H and O–H groups in total. The van der Waals surface area contributed by atoms with Crippen LogP contribution in [0.4, 0.5) is 5.69 Å². The predicted molar refractivity (Wildman–Crippen MR) is 142 cm³/mol. The Morgan fingerprint density at radius 2 is 1.74 bits per heavy atom. The minimum Gasteiger partial charge on any atom is -0.354 e. The van der Waals surface area contributed by atoms with Gasteiger partial charge in [0.2, 0.25) is 21.8 Å². The molecular formula is C26H36ClN3O4S. The highest BCUT2D eigenvalue weighted by Gasteiger charge is 2.32. The van der Waals surface area contributed by atoms with E-state index in [-0.39, 0.29) is 12.5 Å². The lowest BCUT2D eigenvalue weighted by Gasteiger charge is -2.33. The minimum atomic E-state index is -3.78. The van der Waals surface area contributed by atoms with E-state index in [0.29, 0.717) is 29.2 Å². The third kappa shape index (κ3) is 7.70. The Labute approximate surface area is 214 Å². The molecule has 2 rings (SSSR count). The van der Waals surface area contributed by atoms with Gasteiger partial charge in [-0.25, -0.2) is 8.42 Å². The van der Waals surface area contributed by atoms with Gasteiger partial charge in [-0.1, -0.05) is 62.2 Å². The molecule has 9 heteroatoms. The van der Waals surface area contributed by atoms with Crippen LogP contribution < -0.4 is 9.62 Å². The molecule has 0 aliphatic heterocycles. The van der Waals surface area contributed by atoms with Crippen LogP contribution in [0.25, 0.3) is 0 Å². The Bertz CT molecular complexity index is 1140. The smallest absolute Gasteiger partial charge is 0.244 e. The number of halogens is 1. The number of anilines is 1. The number of carbonyl (C=O) groups excluding carboxylic acids is 2. The van der Waals surface area contributed by atoms with Crippen molar-refractivity contribution in [3.8, 4) is 0 Å². The van der Waals surface area contributed by atoms with Crippen LogP contribution in [0.2, 0.25) is 5.02 Å². The van der Waals surface area contributed by atoms with Crippen LogP contribution in [0.5, 0.6) is 0 Å². The van der Waals surface area contributed by atoms with Crippen LogP contribution in [0.3, 0.4) is 0 Å². The number of benzene rings is 2. The quantitative estimate of drug-likeness (QED) is 0.418. The standard InChI is InChI=1S/C26H36ClN3O4S/c1-6-8-16-28-26(32)23(7-2)29(17-21-13-9-10-14-22(21)27)25(31)18-30(35(5,33)34)24-15-11-12-19(3)20(24)4/h9-15,23H,6-8,16-18H2,1-5H3,(H,28,32). The molecule has 192 valence electrons. The summed E-state index contributed by atoms with van der Waals surface area (Å²) in [7, 11) is -3.78. The van der Waals surface area contributed by atoms with E-state index in [1.165, 1.54) is 4.90 Å². The van der Waals surface area contributed by atoms with Gasteiger partial charge in [-0.2, -0.15) is 0 Å². The van der Waals surface area contributed by atoms with Crippen molar-refractivity contribution in [2.45, 2.75) is 59.5 Å². The number of sulfonamides is 1. The highest BCUT2D eigenvalue weighted by Crippen LogP contribution is 2.26. The van der Waals surface area contributed by atoms with Gasteiger partial charge in [0.15, 0.2) is 0 Å². The summed E-state index contributed by atoms with van der Waals surface area (Å²) in [5.74, 6) is -0.743. The Morgan fingerprint density at radius 1 is 1.06 bits per heavy atom. The van der Waals surface area contributed by atoms with Crippen molar-refractivity contribution in [1.29, 1.82) is 0 Å². The molecule has 1 atom stereocenters. The van der Waals surface area contributed by atoms with Crippen molar-refractivity contribution >= 4 is 39.1 Å². The van der Waals surface area contributed by atoms with Crippen molar-refractivity contribution in [1.82, 2.24) is 10.2 Å². The summed E-state index contributed by atoms with van der Waals surface area (Å²) >= 11 is 6.37. The van der Waals surface area contributed by atoms with Crippen LogP contribution in [0.1, 0.15) is 49.8 Å². The van der Waals surface area contributed by atoms with Gasteiger partial charge in [0, 0.05) is 18.1 Å². The van der Waals surface area contributed by atoms with E-state index < -0.39 is 28.5 Å².